The van der Waals surface area contributed by atoms with Crippen LogP contribution in [0.15, 0.2) is 24.3 Å². The number of thiol groups is 1. The fraction of sp³-hybridized carbons (Fsp3) is 0.222. The number of nitro benzene ring substituents is 1. The van der Waals surface area contributed by atoms with E-state index in [0.717, 1.165) is 0 Å². The second kappa shape index (κ2) is 5.78. The van der Waals surface area contributed by atoms with Gasteiger partial charge in [0.25, 0.3) is 5.69 Å². The molecule has 7 heteroatoms. The lowest BCUT2D eigenvalue weighted by molar-refractivity contribution is -0.384. The van der Waals surface area contributed by atoms with Gasteiger partial charge in [0, 0.05) is 18.7 Å². The minimum atomic E-state index is -0.772. The molecule has 1 atom stereocenters. The minimum absolute atomic E-state index is 0.00590. The van der Waals surface area contributed by atoms with Crippen LogP contribution in [0, 0.1) is 10.1 Å². The molecule has 1 unspecified atom stereocenters. The molecule has 0 aliphatic carbocycles. The number of nitro groups is 1. The Labute approximate surface area is 103 Å². The number of thiocarbonyl (C=S) groups is 1. The van der Waals surface area contributed by atoms with E-state index in [4.69, 9.17) is 0 Å². The molecule has 0 spiro atoms. The van der Waals surface area contributed by atoms with Crippen molar-refractivity contribution in [3.05, 3.63) is 39.9 Å². The van der Waals surface area contributed by atoms with Gasteiger partial charge in [-0.05, 0) is 17.7 Å². The van der Waals surface area contributed by atoms with Crippen LogP contribution in [0.4, 0.5) is 5.69 Å². The normalized spacial score (nSPS) is 11.9. The summed E-state index contributed by atoms with van der Waals surface area (Å²) in [5.41, 5.74) is 0.580. The summed E-state index contributed by atoms with van der Waals surface area (Å²) in [5.74, 6) is 0. The number of aliphatic hydroxyl groups excluding tert-OH is 1. The molecule has 2 N–H and O–H groups in total. The first-order valence-corrected chi connectivity index (χ1v) is 5.25. The van der Waals surface area contributed by atoms with Crippen molar-refractivity contribution in [1.29, 1.82) is 0 Å². The quantitative estimate of drug-likeness (QED) is 0.330. The number of aliphatic hydroxyl groups is 1. The molecule has 0 aliphatic heterocycles. The molecule has 0 aromatic heterocycles. The fourth-order valence-electron chi connectivity index (χ4n) is 1.12. The Kier molecular flexibility index (Phi) is 4.66. The molecule has 0 bridgehead atoms. The van der Waals surface area contributed by atoms with E-state index in [2.05, 4.69) is 30.2 Å². The summed E-state index contributed by atoms with van der Waals surface area (Å²) in [6.07, 6.45) is -0.772. The van der Waals surface area contributed by atoms with Crippen molar-refractivity contribution in [2.24, 2.45) is 0 Å². The van der Waals surface area contributed by atoms with Crippen molar-refractivity contribution in [2.75, 3.05) is 6.54 Å². The number of benzene rings is 1. The van der Waals surface area contributed by atoms with Gasteiger partial charge in [0.2, 0.25) is 0 Å². The molecule has 0 heterocycles. The number of nitrogens with zero attached hydrogens (tertiary/aromatic N) is 1. The molecule has 1 rings (SSSR count). The Morgan fingerprint density at radius 1 is 1.56 bits per heavy atom. The van der Waals surface area contributed by atoms with Gasteiger partial charge in [-0.15, -0.1) is 12.6 Å². The van der Waals surface area contributed by atoms with Gasteiger partial charge in [0.1, 0.15) is 4.32 Å². The maximum atomic E-state index is 10.4. The molecule has 16 heavy (non-hydrogen) atoms. The van der Waals surface area contributed by atoms with E-state index in [1.165, 1.54) is 24.3 Å². The standard InChI is InChI=1S/C9H10N2O3S2/c12-8(5-10-9(15)16)6-1-3-7(4-2-6)11(13)14/h1-4,8,12H,5H2,(H2,10,15,16). The lowest BCUT2D eigenvalue weighted by Crippen LogP contribution is -2.23. The zero-order chi connectivity index (χ0) is 12.1. The second-order valence-corrected chi connectivity index (χ2v) is 4.21. The van der Waals surface area contributed by atoms with Crippen LogP contribution in [0.1, 0.15) is 11.7 Å². The van der Waals surface area contributed by atoms with E-state index in [1.54, 1.807) is 0 Å². The van der Waals surface area contributed by atoms with Gasteiger partial charge < -0.3 is 10.4 Å². The predicted molar refractivity (Wildman–Crippen MR) is 67.6 cm³/mol. The number of non-ortho nitro benzene ring substituents is 1. The van der Waals surface area contributed by atoms with Gasteiger partial charge in [-0.2, -0.15) is 0 Å². The van der Waals surface area contributed by atoms with E-state index in [0.29, 0.717) is 9.88 Å². The van der Waals surface area contributed by atoms with E-state index in [-0.39, 0.29) is 12.2 Å². The van der Waals surface area contributed by atoms with E-state index in [1.807, 2.05) is 0 Å². The van der Waals surface area contributed by atoms with Crippen molar-refractivity contribution in [2.45, 2.75) is 6.10 Å². The third kappa shape index (κ3) is 3.76. The molecular weight excluding hydrogens is 248 g/mol. The Balaban J connectivity index is 2.66. The monoisotopic (exact) mass is 258 g/mol. The van der Waals surface area contributed by atoms with Crippen molar-refractivity contribution in [3.63, 3.8) is 0 Å². The number of nitrogens with one attached hydrogen (secondary N) is 1. The lowest BCUT2D eigenvalue weighted by Gasteiger charge is -2.11. The predicted octanol–water partition coefficient (Wildman–Crippen LogP) is 1.43. The van der Waals surface area contributed by atoms with E-state index < -0.39 is 11.0 Å². The van der Waals surface area contributed by atoms with E-state index >= 15 is 0 Å². The maximum Gasteiger partial charge on any atom is 0.269 e. The Morgan fingerprint density at radius 2 is 2.12 bits per heavy atom. The molecule has 0 amide bonds. The average molecular weight is 258 g/mol. The molecule has 0 saturated heterocycles. The molecule has 1 aromatic rings. The highest BCUT2D eigenvalue weighted by atomic mass is 32.1. The molecule has 5 nitrogen and oxygen atoms in total. The first-order chi connectivity index (χ1) is 7.50. The summed E-state index contributed by atoms with van der Waals surface area (Å²) in [7, 11) is 0. The number of rotatable bonds is 4. The minimum Gasteiger partial charge on any atom is -0.387 e. The van der Waals surface area contributed by atoms with Gasteiger partial charge in [0.05, 0.1) is 11.0 Å². The zero-order valence-corrected chi connectivity index (χ0v) is 9.87. The molecule has 0 saturated carbocycles. The molecule has 0 radical (unpaired) electrons. The highest BCUT2D eigenvalue weighted by Gasteiger charge is 2.10. The van der Waals surface area contributed by atoms with Crippen molar-refractivity contribution >= 4 is 34.9 Å². The summed E-state index contributed by atoms with van der Waals surface area (Å²) in [5, 5.41) is 22.8. The van der Waals surface area contributed by atoms with Gasteiger partial charge in [0.15, 0.2) is 0 Å². The third-order valence-electron chi connectivity index (χ3n) is 1.94. The first kappa shape index (κ1) is 12.9. The van der Waals surface area contributed by atoms with Gasteiger partial charge in [-0.25, -0.2) is 0 Å². The van der Waals surface area contributed by atoms with Crippen LogP contribution >= 0.6 is 24.8 Å². The average Bonchev–Trinajstić information content (AvgIpc) is 2.26. The van der Waals surface area contributed by atoms with E-state index in [9.17, 15) is 15.2 Å². The third-order valence-corrected chi connectivity index (χ3v) is 2.24. The van der Waals surface area contributed by atoms with Crippen LogP contribution in [0.25, 0.3) is 0 Å². The Morgan fingerprint density at radius 3 is 2.56 bits per heavy atom. The smallest absolute Gasteiger partial charge is 0.269 e. The van der Waals surface area contributed by atoms with Crippen LogP contribution in [0.3, 0.4) is 0 Å². The van der Waals surface area contributed by atoms with Gasteiger partial charge >= 0.3 is 0 Å². The van der Waals surface area contributed by atoms with Crippen LogP contribution in [0.5, 0.6) is 0 Å². The molecule has 86 valence electrons. The summed E-state index contributed by atoms with van der Waals surface area (Å²) < 4.78 is 0.293. The Hall–Kier alpha value is -1.18. The number of hydrogen-bond acceptors (Lipinski definition) is 4. The lowest BCUT2D eigenvalue weighted by atomic mass is 10.1. The van der Waals surface area contributed by atoms with Crippen LogP contribution in [-0.4, -0.2) is 20.9 Å². The van der Waals surface area contributed by atoms with Crippen LogP contribution in [0.2, 0.25) is 0 Å². The molecule has 0 aliphatic rings. The molecule has 0 fully saturated rings. The summed E-state index contributed by atoms with van der Waals surface area (Å²) >= 11 is 8.52. The maximum absolute atomic E-state index is 10.4. The Bertz CT molecular complexity index is 394. The zero-order valence-electron chi connectivity index (χ0n) is 8.16. The number of hydrogen-bond donors (Lipinski definition) is 3. The van der Waals surface area contributed by atoms with Crippen molar-refractivity contribution in [1.82, 2.24) is 5.32 Å². The van der Waals surface area contributed by atoms with Crippen molar-refractivity contribution in [3.8, 4) is 0 Å². The van der Waals surface area contributed by atoms with Crippen LogP contribution < -0.4 is 5.32 Å². The van der Waals surface area contributed by atoms with Gasteiger partial charge in [-0.1, -0.05) is 12.2 Å². The van der Waals surface area contributed by atoms with Gasteiger partial charge in [-0.3, -0.25) is 10.1 Å². The summed E-state index contributed by atoms with van der Waals surface area (Å²) in [4.78, 5) is 9.91. The highest BCUT2D eigenvalue weighted by Crippen LogP contribution is 2.17. The summed E-state index contributed by atoms with van der Waals surface area (Å²) in [6, 6.07) is 5.70. The highest BCUT2D eigenvalue weighted by molar-refractivity contribution is 8.11. The first-order valence-electron chi connectivity index (χ1n) is 4.40. The SMILES string of the molecule is O=[N+]([O-])c1ccc(C(O)CNC(=S)S)cc1. The fourth-order valence-corrected chi connectivity index (χ4v) is 1.29. The molecular formula is C9H10N2O3S2. The molecule has 1 aromatic carbocycles. The summed E-state index contributed by atoms with van der Waals surface area (Å²) in [6.45, 7) is 0.222. The van der Waals surface area contributed by atoms with Crippen LogP contribution in [-0.2, 0) is 0 Å². The topological polar surface area (TPSA) is 75.4 Å². The van der Waals surface area contributed by atoms with Crippen molar-refractivity contribution < 1.29 is 10.0 Å². The second-order valence-electron chi connectivity index (χ2n) is 3.05. The largest absolute Gasteiger partial charge is 0.387 e.